The Morgan fingerprint density at radius 3 is 2.22 bits per heavy atom. The number of benzene rings is 1. The van der Waals surface area contributed by atoms with Gasteiger partial charge in [-0.05, 0) is 31.2 Å². The van der Waals surface area contributed by atoms with Gasteiger partial charge in [0, 0.05) is 0 Å². The zero-order valence-corrected chi connectivity index (χ0v) is 9.44. The van der Waals surface area contributed by atoms with E-state index in [0.717, 1.165) is 12.1 Å². The third-order valence-electron chi connectivity index (χ3n) is 2.45. The van der Waals surface area contributed by atoms with Crippen LogP contribution in [0.3, 0.4) is 0 Å². The van der Waals surface area contributed by atoms with Crippen molar-refractivity contribution >= 4 is 0 Å². The lowest BCUT2D eigenvalue weighted by molar-refractivity contribution is -0.137. The molecule has 2 rings (SSSR count). The van der Waals surface area contributed by atoms with Gasteiger partial charge in [0.15, 0.2) is 0 Å². The summed E-state index contributed by atoms with van der Waals surface area (Å²) in [6.45, 7) is 1.41. The Labute approximate surface area is 101 Å². The molecule has 0 aliphatic heterocycles. The predicted molar refractivity (Wildman–Crippen MR) is 57.0 cm³/mol. The molecule has 0 unspecified atom stereocenters. The van der Waals surface area contributed by atoms with Crippen molar-refractivity contribution < 1.29 is 18.3 Å². The third kappa shape index (κ3) is 2.35. The average Bonchev–Trinajstić information content (AvgIpc) is 2.69. The van der Waals surface area contributed by atoms with E-state index in [4.69, 9.17) is 5.11 Å². The molecule has 1 aromatic carbocycles. The van der Waals surface area contributed by atoms with Crippen molar-refractivity contribution in [2.75, 3.05) is 0 Å². The highest BCUT2D eigenvalue weighted by Gasteiger charge is 2.30. The number of alkyl halides is 3. The van der Waals surface area contributed by atoms with Crippen molar-refractivity contribution in [2.45, 2.75) is 19.7 Å². The van der Waals surface area contributed by atoms with Gasteiger partial charge in [-0.3, -0.25) is 0 Å². The number of nitrogens with zero attached hydrogens (tertiary/aromatic N) is 3. The summed E-state index contributed by atoms with van der Waals surface area (Å²) >= 11 is 0. The van der Waals surface area contributed by atoms with E-state index in [0.29, 0.717) is 17.1 Å². The molecule has 0 spiro atoms. The molecule has 0 aliphatic rings. The molecule has 0 saturated heterocycles. The van der Waals surface area contributed by atoms with Crippen LogP contribution in [0, 0.1) is 6.92 Å². The van der Waals surface area contributed by atoms with Crippen LogP contribution in [0.15, 0.2) is 24.3 Å². The molecule has 0 fully saturated rings. The number of halogens is 3. The molecule has 18 heavy (non-hydrogen) atoms. The van der Waals surface area contributed by atoms with Gasteiger partial charge >= 0.3 is 6.18 Å². The second-order valence-electron chi connectivity index (χ2n) is 3.72. The maximum absolute atomic E-state index is 12.4. The molecule has 0 atom stereocenters. The van der Waals surface area contributed by atoms with Crippen LogP contribution in [0.4, 0.5) is 13.2 Å². The molecule has 1 heterocycles. The highest BCUT2D eigenvalue weighted by Crippen LogP contribution is 2.29. The minimum atomic E-state index is -4.36. The Bertz CT molecular complexity index is 546. The summed E-state index contributed by atoms with van der Waals surface area (Å²) in [5.41, 5.74) is 0.621. The van der Waals surface area contributed by atoms with Gasteiger partial charge in [-0.1, -0.05) is 0 Å². The van der Waals surface area contributed by atoms with Crippen LogP contribution < -0.4 is 0 Å². The summed E-state index contributed by atoms with van der Waals surface area (Å²) in [6, 6.07) is 4.49. The molecule has 1 N–H and O–H groups in total. The number of aliphatic hydroxyl groups is 1. The summed E-state index contributed by atoms with van der Waals surface area (Å²) in [6.07, 6.45) is -4.36. The second kappa shape index (κ2) is 4.41. The van der Waals surface area contributed by atoms with Crippen LogP contribution in [-0.4, -0.2) is 20.1 Å². The molecular formula is C11H10F3N3O. The number of rotatable bonds is 2. The van der Waals surface area contributed by atoms with Crippen LogP contribution in [0.1, 0.15) is 17.0 Å². The lowest BCUT2D eigenvalue weighted by atomic mass is 10.2. The van der Waals surface area contributed by atoms with E-state index < -0.39 is 11.7 Å². The lowest BCUT2D eigenvalue weighted by Crippen LogP contribution is -2.06. The minimum Gasteiger partial charge on any atom is -0.390 e. The maximum atomic E-state index is 12.4. The van der Waals surface area contributed by atoms with Gasteiger partial charge in [0.2, 0.25) is 0 Å². The van der Waals surface area contributed by atoms with Crippen LogP contribution in [0.2, 0.25) is 0 Å². The standard InChI is InChI=1S/C11H10F3N3O/c1-7-10(6-18)16-17(15-7)9-4-2-8(3-5-9)11(12,13)14/h2-5,18H,6H2,1H3. The molecule has 96 valence electrons. The average molecular weight is 257 g/mol. The topological polar surface area (TPSA) is 50.9 Å². The number of aryl methyl sites for hydroxylation is 1. The van der Waals surface area contributed by atoms with E-state index in [1.54, 1.807) is 6.92 Å². The van der Waals surface area contributed by atoms with E-state index in [2.05, 4.69) is 10.2 Å². The third-order valence-corrected chi connectivity index (χ3v) is 2.45. The van der Waals surface area contributed by atoms with Crippen LogP contribution in [0.5, 0.6) is 0 Å². The molecule has 0 bridgehead atoms. The normalized spacial score (nSPS) is 11.8. The van der Waals surface area contributed by atoms with Gasteiger partial charge in [-0.2, -0.15) is 28.2 Å². The fourth-order valence-electron chi connectivity index (χ4n) is 1.45. The van der Waals surface area contributed by atoms with E-state index >= 15 is 0 Å². The Hall–Kier alpha value is -1.89. The lowest BCUT2D eigenvalue weighted by Gasteiger charge is -2.06. The predicted octanol–water partition coefficient (Wildman–Crippen LogP) is 2.09. The SMILES string of the molecule is Cc1nn(-c2ccc(C(F)(F)F)cc2)nc1CO. The summed E-state index contributed by atoms with van der Waals surface area (Å²) in [5.74, 6) is 0. The molecule has 0 radical (unpaired) electrons. The monoisotopic (exact) mass is 257 g/mol. The smallest absolute Gasteiger partial charge is 0.390 e. The minimum absolute atomic E-state index is 0.257. The van der Waals surface area contributed by atoms with Crippen LogP contribution in [-0.2, 0) is 12.8 Å². The van der Waals surface area contributed by atoms with E-state index in [9.17, 15) is 13.2 Å². The molecule has 4 nitrogen and oxygen atoms in total. The van der Waals surface area contributed by atoms with Crippen molar-refractivity contribution in [3.63, 3.8) is 0 Å². The first-order valence-corrected chi connectivity index (χ1v) is 5.13. The highest BCUT2D eigenvalue weighted by molar-refractivity contribution is 5.34. The van der Waals surface area contributed by atoms with Crippen molar-refractivity contribution in [1.29, 1.82) is 0 Å². The fraction of sp³-hybridized carbons (Fsp3) is 0.273. The first-order valence-electron chi connectivity index (χ1n) is 5.13. The molecule has 1 aromatic heterocycles. The fourth-order valence-corrected chi connectivity index (χ4v) is 1.45. The van der Waals surface area contributed by atoms with Gasteiger partial charge < -0.3 is 5.11 Å². The van der Waals surface area contributed by atoms with Gasteiger partial charge in [-0.25, -0.2) is 0 Å². The number of hydrogen-bond donors (Lipinski definition) is 1. The number of hydrogen-bond acceptors (Lipinski definition) is 3. The molecule has 7 heteroatoms. The van der Waals surface area contributed by atoms with E-state index in [1.165, 1.54) is 16.9 Å². The highest BCUT2D eigenvalue weighted by atomic mass is 19.4. The van der Waals surface area contributed by atoms with Gasteiger partial charge in [0.05, 0.1) is 23.6 Å². The molecule has 0 aliphatic carbocycles. The second-order valence-corrected chi connectivity index (χ2v) is 3.72. The van der Waals surface area contributed by atoms with E-state index in [1.807, 2.05) is 0 Å². The van der Waals surface area contributed by atoms with Gasteiger partial charge in [-0.15, -0.1) is 0 Å². The summed E-state index contributed by atoms with van der Waals surface area (Å²) in [7, 11) is 0. The van der Waals surface area contributed by atoms with Crippen molar-refractivity contribution in [3.05, 3.63) is 41.2 Å². The Morgan fingerprint density at radius 2 is 1.78 bits per heavy atom. The number of aromatic nitrogens is 3. The van der Waals surface area contributed by atoms with E-state index in [-0.39, 0.29) is 6.61 Å². The summed E-state index contributed by atoms with van der Waals surface area (Å²) in [5, 5.41) is 16.9. The van der Waals surface area contributed by atoms with Gasteiger partial charge in [0.1, 0.15) is 5.69 Å². The van der Waals surface area contributed by atoms with Crippen LogP contribution >= 0.6 is 0 Å². The Balaban J connectivity index is 2.34. The quantitative estimate of drug-likeness (QED) is 0.896. The largest absolute Gasteiger partial charge is 0.416 e. The first kappa shape index (κ1) is 12.6. The van der Waals surface area contributed by atoms with Gasteiger partial charge in [0.25, 0.3) is 0 Å². The molecule has 2 aromatic rings. The Morgan fingerprint density at radius 1 is 1.17 bits per heavy atom. The Kier molecular flexibility index (Phi) is 3.08. The summed E-state index contributed by atoms with van der Waals surface area (Å²) < 4.78 is 37.1. The molecule has 0 saturated carbocycles. The molecular weight excluding hydrogens is 247 g/mol. The van der Waals surface area contributed by atoms with Crippen molar-refractivity contribution in [2.24, 2.45) is 0 Å². The number of aliphatic hydroxyl groups excluding tert-OH is 1. The first-order chi connectivity index (χ1) is 8.41. The maximum Gasteiger partial charge on any atom is 0.416 e. The van der Waals surface area contributed by atoms with Crippen molar-refractivity contribution in [1.82, 2.24) is 15.0 Å². The zero-order valence-electron chi connectivity index (χ0n) is 9.44. The summed E-state index contributed by atoms with van der Waals surface area (Å²) in [4.78, 5) is 1.20. The zero-order chi connectivity index (χ0) is 13.3. The molecule has 0 amide bonds. The van der Waals surface area contributed by atoms with Crippen LogP contribution in [0.25, 0.3) is 5.69 Å². The van der Waals surface area contributed by atoms with Crippen molar-refractivity contribution in [3.8, 4) is 5.69 Å².